The zero-order valence-electron chi connectivity index (χ0n) is 20.4. The maximum absolute atomic E-state index is 14.1. The fraction of sp³-hybridized carbons (Fsp3) is 0.458. The van der Waals surface area contributed by atoms with Gasteiger partial charge >= 0.3 is 5.97 Å². The highest BCUT2D eigenvalue weighted by Gasteiger charge is 2.24. The van der Waals surface area contributed by atoms with E-state index in [1.807, 2.05) is 6.92 Å². The van der Waals surface area contributed by atoms with Gasteiger partial charge in [-0.05, 0) is 37.5 Å². The number of nitrogens with zero attached hydrogens (tertiary/aromatic N) is 2. The van der Waals surface area contributed by atoms with Crippen LogP contribution >= 0.6 is 11.3 Å². The van der Waals surface area contributed by atoms with Crippen molar-refractivity contribution in [2.75, 3.05) is 51.0 Å². The van der Waals surface area contributed by atoms with E-state index in [4.69, 9.17) is 15.2 Å². The van der Waals surface area contributed by atoms with Crippen LogP contribution < -0.4 is 21.1 Å². The molecule has 190 valence electrons. The Bertz CT molecular complexity index is 1100. The average molecular weight is 506 g/mol. The minimum atomic E-state index is -0.504. The Morgan fingerprint density at radius 2 is 2.03 bits per heavy atom. The molecule has 0 bridgehead atoms. The maximum Gasteiger partial charge on any atom is 0.302 e. The predicted octanol–water partition coefficient (Wildman–Crippen LogP) is 3.23. The van der Waals surface area contributed by atoms with Gasteiger partial charge in [0, 0.05) is 46.7 Å². The van der Waals surface area contributed by atoms with Crippen LogP contribution in [-0.2, 0) is 9.53 Å². The van der Waals surface area contributed by atoms with E-state index in [1.165, 1.54) is 30.4 Å². The molecule has 2 aromatic rings. The first-order valence-corrected chi connectivity index (χ1v) is 12.2. The summed E-state index contributed by atoms with van der Waals surface area (Å²) in [5, 5.41) is 7.10. The lowest BCUT2D eigenvalue weighted by Gasteiger charge is -2.32. The van der Waals surface area contributed by atoms with E-state index in [9.17, 15) is 14.0 Å². The number of ether oxygens (including phenoxy) is 2. The van der Waals surface area contributed by atoms with Crippen LogP contribution in [-0.4, -0.2) is 69.1 Å². The number of primary amides is 1. The number of nitrogens with two attached hydrogens (primary N) is 1. The van der Waals surface area contributed by atoms with Gasteiger partial charge in [-0.15, -0.1) is 11.3 Å². The molecule has 9 nitrogen and oxygen atoms in total. The van der Waals surface area contributed by atoms with Crippen molar-refractivity contribution in [2.45, 2.75) is 32.8 Å². The summed E-state index contributed by atoms with van der Waals surface area (Å²) in [5.41, 5.74) is 7.54. The second-order valence-electron chi connectivity index (χ2n) is 8.21. The Kier molecular flexibility index (Phi) is 9.05. The van der Waals surface area contributed by atoms with Crippen LogP contribution in [0.2, 0.25) is 0 Å². The van der Waals surface area contributed by atoms with E-state index in [2.05, 4.69) is 20.5 Å². The number of likely N-dealkylation sites (tertiary alicyclic amines) is 1. The molecule has 1 aliphatic heterocycles. The molecule has 3 rings (SSSR count). The molecular weight excluding hydrogens is 473 g/mol. The second-order valence-corrected chi connectivity index (χ2v) is 9.23. The van der Waals surface area contributed by atoms with Crippen LogP contribution in [0.5, 0.6) is 5.75 Å². The number of benzene rings is 1. The topological polar surface area (TPSA) is 118 Å². The van der Waals surface area contributed by atoms with Gasteiger partial charge in [0.05, 0.1) is 16.1 Å². The van der Waals surface area contributed by atoms with Crippen molar-refractivity contribution in [3.63, 3.8) is 0 Å². The van der Waals surface area contributed by atoms with E-state index in [0.29, 0.717) is 40.9 Å². The molecule has 1 saturated heterocycles. The summed E-state index contributed by atoms with van der Waals surface area (Å²) in [5.74, 6) is -0.297. The third-order valence-electron chi connectivity index (χ3n) is 5.80. The first kappa shape index (κ1) is 26.4. The Labute approximate surface area is 208 Å². The summed E-state index contributed by atoms with van der Waals surface area (Å²) in [6.07, 6.45) is 1.45. The van der Waals surface area contributed by atoms with Crippen molar-refractivity contribution in [2.24, 2.45) is 10.7 Å². The van der Waals surface area contributed by atoms with Gasteiger partial charge in [-0.2, -0.15) is 0 Å². The third-order valence-corrected chi connectivity index (χ3v) is 7.12. The van der Waals surface area contributed by atoms with Gasteiger partial charge < -0.3 is 25.8 Å². The summed E-state index contributed by atoms with van der Waals surface area (Å²) in [6.45, 7) is 5.84. The van der Waals surface area contributed by atoms with Gasteiger partial charge in [0.2, 0.25) is 0 Å². The Hall–Kier alpha value is -3.18. The fourth-order valence-electron chi connectivity index (χ4n) is 4.01. The number of anilines is 2. The van der Waals surface area contributed by atoms with Crippen LogP contribution in [0.3, 0.4) is 0 Å². The third kappa shape index (κ3) is 6.70. The minimum Gasteiger partial charge on any atom is -0.488 e. The first-order chi connectivity index (χ1) is 16.7. The number of halogens is 1. The molecular formula is C24H32FN5O4S. The quantitative estimate of drug-likeness (QED) is 0.272. The van der Waals surface area contributed by atoms with Gasteiger partial charge in [0.15, 0.2) is 0 Å². The molecule has 35 heavy (non-hydrogen) atoms. The second kappa shape index (κ2) is 12.0. The summed E-state index contributed by atoms with van der Waals surface area (Å²) < 4.78 is 25.4. The zero-order valence-corrected chi connectivity index (χ0v) is 21.3. The number of carbonyl (C=O) groups excluding carboxylic acids is 2. The maximum atomic E-state index is 14.1. The average Bonchev–Trinajstić information content (AvgIpc) is 3.16. The highest BCUT2D eigenvalue weighted by Crippen LogP contribution is 2.35. The lowest BCUT2D eigenvalue weighted by molar-refractivity contribution is -0.141. The predicted molar refractivity (Wildman–Crippen MR) is 136 cm³/mol. The number of rotatable bonds is 9. The van der Waals surface area contributed by atoms with Crippen LogP contribution in [0.15, 0.2) is 23.2 Å². The van der Waals surface area contributed by atoms with E-state index in [1.54, 1.807) is 20.2 Å². The van der Waals surface area contributed by atoms with Gasteiger partial charge in [0.25, 0.3) is 5.91 Å². The highest BCUT2D eigenvalue weighted by molar-refractivity contribution is 7.18. The summed E-state index contributed by atoms with van der Waals surface area (Å²) in [4.78, 5) is 29.8. The fourth-order valence-corrected chi connectivity index (χ4v) is 5.03. The van der Waals surface area contributed by atoms with Crippen LogP contribution in [0.4, 0.5) is 15.1 Å². The molecule has 1 aliphatic rings. The van der Waals surface area contributed by atoms with Gasteiger partial charge in [-0.1, -0.05) is 0 Å². The monoisotopic (exact) mass is 505 g/mol. The summed E-state index contributed by atoms with van der Waals surface area (Å²) in [7, 11) is 3.40. The Balaban J connectivity index is 1.74. The van der Waals surface area contributed by atoms with Crippen LogP contribution in [0.25, 0.3) is 0 Å². The lowest BCUT2D eigenvalue weighted by atomic mass is 10.1. The van der Waals surface area contributed by atoms with Crippen molar-refractivity contribution < 1.29 is 23.5 Å². The number of thiophene rings is 1. The highest BCUT2D eigenvalue weighted by atomic mass is 32.1. The van der Waals surface area contributed by atoms with E-state index in [-0.39, 0.29) is 12.1 Å². The van der Waals surface area contributed by atoms with Gasteiger partial charge in [0.1, 0.15) is 35.1 Å². The number of carbonyl (C=O) groups is 2. The largest absolute Gasteiger partial charge is 0.488 e. The number of hydrogen-bond acceptors (Lipinski definition) is 8. The van der Waals surface area contributed by atoms with Crippen molar-refractivity contribution in [1.82, 2.24) is 4.90 Å². The Morgan fingerprint density at radius 1 is 1.31 bits per heavy atom. The molecule has 2 heterocycles. The number of nitrogens with one attached hydrogen (secondary N) is 2. The van der Waals surface area contributed by atoms with Crippen molar-refractivity contribution in [3.05, 3.63) is 40.0 Å². The normalized spacial score (nSPS) is 15.1. The molecule has 0 aliphatic carbocycles. The SMILES string of the molecule is CN=C(Nc1ccc(F)cc1OC1CCN(CCOC(C)=O)CC1)c1c(NC)sc(C(N)=O)c1C. The van der Waals surface area contributed by atoms with Crippen molar-refractivity contribution >= 4 is 39.7 Å². The number of amidine groups is 1. The molecule has 4 N–H and O–H groups in total. The van der Waals surface area contributed by atoms with E-state index >= 15 is 0 Å². The summed E-state index contributed by atoms with van der Waals surface area (Å²) in [6, 6.07) is 4.32. The number of esters is 1. The van der Waals surface area contributed by atoms with Gasteiger partial charge in [-0.3, -0.25) is 19.5 Å². The number of aliphatic imine (C=N–C) groups is 1. The molecule has 0 radical (unpaired) electrons. The molecule has 0 saturated carbocycles. The van der Waals surface area contributed by atoms with Crippen molar-refractivity contribution in [1.29, 1.82) is 0 Å². The molecule has 1 amide bonds. The number of hydrogen-bond donors (Lipinski definition) is 3. The van der Waals surface area contributed by atoms with E-state index < -0.39 is 11.7 Å². The van der Waals surface area contributed by atoms with Gasteiger partial charge in [-0.25, -0.2) is 4.39 Å². The molecule has 11 heteroatoms. The molecule has 1 fully saturated rings. The number of piperidine rings is 1. The molecule has 1 aromatic carbocycles. The molecule has 0 unspecified atom stereocenters. The standard InChI is InChI=1S/C24H32FN5O4S/c1-14-20(24(28-4)35-21(14)22(26)32)23(27-3)29-18-6-5-16(25)13-19(18)34-17-7-9-30(10-8-17)11-12-33-15(2)31/h5-6,13,17,28H,7-12H2,1-4H3,(H2,26,32)(H,27,29). The molecule has 1 aromatic heterocycles. The van der Waals surface area contributed by atoms with Crippen molar-refractivity contribution in [3.8, 4) is 5.75 Å². The summed E-state index contributed by atoms with van der Waals surface area (Å²) >= 11 is 1.26. The zero-order chi connectivity index (χ0) is 25.5. The first-order valence-electron chi connectivity index (χ1n) is 11.4. The lowest BCUT2D eigenvalue weighted by Crippen LogP contribution is -2.40. The molecule has 0 spiro atoms. The molecule has 0 atom stereocenters. The number of amides is 1. The Morgan fingerprint density at radius 3 is 2.63 bits per heavy atom. The van der Waals surface area contributed by atoms with Crippen LogP contribution in [0.1, 0.15) is 40.6 Å². The van der Waals surface area contributed by atoms with E-state index in [0.717, 1.165) is 36.5 Å². The minimum absolute atomic E-state index is 0.0819. The van der Waals surface area contributed by atoms with Crippen LogP contribution in [0, 0.1) is 12.7 Å². The smallest absolute Gasteiger partial charge is 0.302 e.